The fourth-order valence-corrected chi connectivity index (χ4v) is 0.805. The van der Waals surface area contributed by atoms with Crippen molar-refractivity contribution in [1.29, 1.82) is 0 Å². The van der Waals surface area contributed by atoms with Gasteiger partial charge >= 0.3 is 0 Å². The van der Waals surface area contributed by atoms with Gasteiger partial charge in [-0.3, -0.25) is 9.59 Å². The van der Waals surface area contributed by atoms with E-state index in [2.05, 4.69) is 5.32 Å². The van der Waals surface area contributed by atoms with Crippen molar-refractivity contribution in [2.45, 2.75) is 18.6 Å². The van der Waals surface area contributed by atoms with E-state index in [9.17, 15) is 9.59 Å². The van der Waals surface area contributed by atoms with Crippen molar-refractivity contribution in [3.8, 4) is 0 Å². The molecule has 7 nitrogen and oxygen atoms in total. The summed E-state index contributed by atoms with van der Waals surface area (Å²) in [7, 11) is 1.50. The van der Waals surface area contributed by atoms with Crippen LogP contribution in [0, 0.1) is 0 Å². The Labute approximate surface area is 87.8 Å². The highest BCUT2D eigenvalue weighted by atomic mass is 16.5. The quantitative estimate of drug-likeness (QED) is 0.371. The van der Waals surface area contributed by atoms with Crippen LogP contribution in [0.2, 0.25) is 0 Å². The lowest BCUT2D eigenvalue weighted by Crippen LogP contribution is -2.46. The van der Waals surface area contributed by atoms with E-state index in [1.807, 2.05) is 0 Å². The lowest BCUT2D eigenvalue weighted by Gasteiger charge is -2.13. The molecular formula is C8H17N3O4. The molecule has 88 valence electrons. The first-order valence-corrected chi connectivity index (χ1v) is 4.48. The summed E-state index contributed by atoms with van der Waals surface area (Å²) in [4.78, 5) is 21.6. The number of carbonyl (C=O) groups is 2. The smallest absolute Gasteiger partial charge is 0.248 e. The summed E-state index contributed by atoms with van der Waals surface area (Å²) >= 11 is 0. The minimum atomic E-state index is -1.39. The maximum atomic E-state index is 11.2. The zero-order valence-corrected chi connectivity index (χ0v) is 8.60. The van der Waals surface area contributed by atoms with Crippen molar-refractivity contribution in [2.24, 2.45) is 11.5 Å². The van der Waals surface area contributed by atoms with Crippen LogP contribution in [0.25, 0.3) is 0 Å². The molecule has 2 amide bonds. The van der Waals surface area contributed by atoms with Crippen LogP contribution in [0.15, 0.2) is 0 Å². The highest BCUT2D eigenvalue weighted by molar-refractivity contribution is 5.83. The Balaban J connectivity index is 3.77. The fraction of sp³-hybridized carbons (Fsp3) is 0.750. The third kappa shape index (κ3) is 6.00. The zero-order valence-electron chi connectivity index (χ0n) is 8.60. The Kier molecular flexibility index (Phi) is 6.59. The van der Waals surface area contributed by atoms with Crippen LogP contribution in [0.4, 0.5) is 0 Å². The molecule has 15 heavy (non-hydrogen) atoms. The monoisotopic (exact) mass is 219 g/mol. The Morgan fingerprint density at radius 2 is 2.13 bits per heavy atom. The van der Waals surface area contributed by atoms with Crippen LogP contribution in [0.3, 0.4) is 0 Å². The molecule has 6 N–H and O–H groups in total. The van der Waals surface area contributed by atoms with Crippen molar-refractivity contribution >= 4 is 11.8 Å². The molecule has 0 rings (SSSR count). The molecule has 0 fully saturated rings. The first kappa shape index (κ1) is 13.8. The number of methoxy groups -OCH3 is 1. The largest absolute Gasteiger partial charge is 0.385 e. The number of ether oxygens (including phenoxy) is 1. The Morgan fingerprint density at radius 3 is 2.60 bits per heavy atom. The number of amides is 2. The molecule has 0 saturated carbocycles. The van der Waals surface area contributed by atoms with Crippen LogP contribution in [0.1, 0.15) is 6.42 Å². The highest BCUT2D eigenvalue weighted by Crippen LogP contribution is 1.89. The van der Waals surface area contributed by atoms with Crippen LogP contribution in [-0.4, -0.2) is 49.3 Å². The SMILES string of the molecule is COCCC(N)C(=O)NCC(O)C(N)=O. The van der Waals surface area contributed by atoms with Gasteiger partial charge in [-0.1, -0.05) is 0 Å². The molecule has 0 bridgehead atoms. The van der Waals surface area contributed by atoms with Gasteiger partial charge in [0.2, 0.25) is 11.8 Å². The molecular weight excluding hydrogens is 202 g/mol. The van der Waals surface area contributed by atoms with Gasteiger partial charge in [-0.15, -0.1) is 0 Å². The number of nitrogens with two attached hydrogens (primary N) is 2. The highest BCUT2D eigenvalue weighted by Gasteiger charge is 2.16. The molecule has 0 aliphatic heterocycles. The number of aliphatic hydroxyl groups excluding tert-OH is 1. The van der Waals surface area contributed by atoms with Crippen molar-refractivity contribution in [2.75, 3.05) is 20.3 Å². The van der Waals surface area contributed by atoms with Crippen LogP contribution < -0.4 is 16.8 Å². The van der Waals surface area contributed by atoms with E-state index in [-0.39, 0.29) is 6.54 Å². The topological polar surface area (TPSA) is 128 Å². The van der Waals surface area contributed by atoms with Gasteiger partial charge in [0.25, 0.3) is 0 Å². The summed E-state index contributed by atoms with van der Waals surface area (Å²) in [6, 6.07) is -0.718. The maximum absolute atomic E-state index is 11.2. The second kappa shape index (κ2) is 7.16. The summed E-state index contributed by atoms with van der Waals surface area (Å²) in [5, 5.41) is 11.3. The Bertz CT molecular complexity index is 222. The molecule has 0 aromatic carbocycles. The maximum Gasteiger partial charge on any atom is 0.248 e. The molecule has 0 heterocycles. The second-order valence-corrected chi connectivity index (χ2v) is 3.05. The normalized spacial score (nSPS) is 14.3. The minimum Gasteiger partial charge on any atom is -0.385 e. The molecule has 7 heteroatoms. The first-order chi connectivity index (χ1) is 6.99. The summed E-state index contributed by atoms with van der Waals surface area (Å²) in [6.45, 7) is 0.141. The first-order valence-electron chi connectivity index (χ1n) is 4.48. The second-order valence-electron chi connectivity index (χ2n) is 3.05. The van der Waals surface area contributed by atoms with Gasteiger partial charge in [0.05, 0.1) is 12.6 Å². The zero-order chi connectivity index (χ0) is 11.8. The van der Waals surface area contributed by atoms with E-state index >= 15 is 0 Å². The molecule has 0 aliphatic rings. The summed E-state index contributed by atoms with van der Waals surface area (Å²) in [6.07, 6.45) is -1.02. The number of hydrogen-bond acceptors (Lipinski definition) is 5. The van der Waals surface area contributed by atoms with Gasteiger partial charge in [-0.05, 0) is 6.42 Å². The van der Waals surface area contributed by atoms with Gasteiger partial charge in [0, 0.05) is 13.7 Å². The third-order valence-corrected chi connectivity index (χ3v) is 1.77. The van der Waals surface area contributed by atoms with Crippen molar-refractivity contribution in [1.82, 2.24) is 5.32 Å². The average molecular weight is 219 g/mol. The Hall–Kier alpha value is -1.18. The van der Waals surface area contributed by atoms with E-state index in [0.29, 0.717) is 13.0 Å². The molecule has 0 aromatic heterocycles. The summed E-state index contributed by atoms with van der Waals surface area (Å²) in [5.74, 6) is -1.34. The van der Waals surface area contributed by atoms with E-state index < -0.39 is 24.0 Å². The van der Waals surface area contributed by atoms with Crippen molar-refractivity contribution < 1.29 is 19.4 Å². The molecule has 0 radical (unpaired) electrons. The van der Waals surface area contributed by atoms with E-state index in [0.717, 1.165) is 0 Å². The molecule has 2 atom stereocenters. The minimum absolute atomic E-state index is 0.227. The van der Waals surface area contributed by atoms with Gasteiger partial charge in [-0.25, -0.2) is 0 Å². The molecule has 0 spiro atoms. The molecule has 2 unspecified atom stereocenters. The number of nitrogens with one attached hydrogen (secondary N) is 1. The van der Waals surface area contributed by atoms with E-state index in [1.165, 1.54) is 7.11 Å². The standard InChI is InChI=1S/C8H17N3O4/c1-15-3-2-5(9)8(14)11-4-6(12)7(10)13/h5-6,12H,2-4,9H2,1H3,(H2,10,13)(H,11,14). The lowest BCUT2D eigenvalue weighted by atomic mass is 10.2. The van der Waals surface area contributed by atoms with Crippen molar-refractivity contribution in [3.05, 3.63) is 0 Å². The third-order valence-electron chi connectivity index (χ3n) is 1.77. The lowest BCUT2D eigenvalue weighted by molar-refractivity contribution is -0.127. The van der Waals surface area contributed by atoms with Gasteiger partial charge < -0.3 is 26.6 Å². The molecule has 0 aliphatic carbocycles. The van der Waals surface area contributed by atoms with Gasteiger partial charge in [0.15, 0.2) is 0 Å². The number of carbonyl (C=O) groups excluding carboxylic acids is 2. The summed E-state index contributed by atoms with van der Waals surface area (Å²) < 4.78 is 4.74. The average Bonchev–Trinajstić information content (AvgIpc) is 2.21. The number of aliphatic hydroxyl groups is 1. The Morgan fingerprint density at radius 1 is 1.53 bits per heavy atom. The number of primary amides is 1. The number of rotatable bonds is 7. The van der Waals surface area contributed by atoms with E-state index in [4.69, 9.17) is 21.3 Å². The fourth-order valence-electron chi connectivity index (χ4n) is 0.805. The van der Waals surface area contributed by atoms with Crippen molar-refractivity contribution in [3.63, 3.8) is 0 Å². The van der Waals surface area contributed by atoms with Gasteiger partial charge in [-0.2, -0.15) is 0 Å². The molecule has 0 saturated heterocycles. The molecule has 0 aromatic rings. The van der Waals surface area contributed by atoms with Crippen LogP contribution >= 0.6 is 0 Å². The van der Waals surface area contributed by atoms with E-state index in [1.54, 1.807) is 0 Å². The van der Waals surface area contributed by atoms with Gasteiger partial charge in [0.1, 0.15) is 6.10 Å². The summed E-state index contributed by atoms with van der Waals surface area (Å²) in [5.41, 5.74) is 10.3. The predicted molar refractivity (Wildman–Crippen MR) is 52.7 cm³/mol. The van der Waals surface area contributed by atoms with Crippen LogP contribution in [0.5, 0.6) is 0 Å². The predicted octanol–water partition coefficient (Wildman–Crippen LogP) is -2.69. The van der Waals surface area contributed by atoms with Crippen LogP contribution in [-0.2, 0) is 14.3 Å². The number of hydrogen-bond donors (Lipinski definition) is 4.